The van der Waals surface area contributed by atoms with Crippen LogP contribution in [0.1, 0.15) is 18.4 Å². The van der Waals surface area contributed by atoms with Crippen LogP contribution in [0.3, 0.4) is 0 Å². The Morgan fingerprint density at radius 1 is 1.21 bits per heavy atom. The Balaban J connectivity index is 1.82. The van der Waals surface area contributed by atoms with Crippen molar-refractivity contribution in [2.24, 2.45) is 5.10 Å². The largest absolute Gasteiger partial charge is 0.495 e. The van der Waals surface area contributed by atoms with Crippen LogP contribution in [0.25, 0.3) is 0 Å². The number of nitrogens with one attached hydrogen (secondary N) is 2. The van der Waals surface area contributed by atoms with E-state index in [0.717, 1.165) is 0 Å². The first-order valence-corrected chi connectivity index (χ1v) is 8.88. The third kappa shape index (κ3) is 6.16. The highest BCUT2D eigenvalue weighted by molar-refractivity contribution is 9.10. The Hall–Kier alpha value is -3.27. The number of methoxy groups -OCH3 is 1. The molecule has 2 N–H and O–H groups in total. The molecule has 0 spiro atoms. The summed E-state index contributed by atoms with van der Waals surface area (Å²) in [5.74, 6) is -0.279. The second-order valence-electron chi connectivity index (χ2n) is 5.51. The van der Waals surface area contributed by atoms with Crippen molar-refractivity contribution in [2.45, 2.75) is 12.8 Å². The van der Waals surface area contributed by atoms with Crippen molar-refractivity contribution in [3.8, 4) is 5.75 Å². The maximum atomic E-state index is 12.0. The smallest absolute Gasteiger partial charge is 0.284 e. The summed E-state index contributed by atoms with van der Waals surface area (Å²) in [7, 11) is 1.50. The number of nitrogens with zero attached hydrogens (tertiary/aromatic N) is 2. The molecule has 146 valence electrons. The number of carbonyl (C=O) groups is 2. The molecule has 0 fully saturated rings. The molecule has 0 unspecified atom stereocenters. The lowest BCUT2D eigenvalue weighted by atomic mass is 10.2. The van der Waals surface area contributed by atoms with Gasteiger partial charge in [-0.15, -0.1) is 0 Å². The van der Waals surface area contributed by atoms with E-state index in [1.807, 2.05) is 0 Å². The number of carbonyl (C=O) groups excluding carboxylic acids is 2. The highest BCUT2D eigenvalue weighted by Gasteiger charge is 2.12. The molecule has 0 aliphatic carbocycles. The van der Waals surface area contributed by atoms with E-state index in [0.29, 0.717) is 21.5 Å². The van der Waals surface area contributed by atoms with Crippen LogP contribution in [0, 0.1) is 10.1 Å². The number of amides is 2. The first-order chi connectivity index (χ1) is 13.4. The van der Waals surface area contributed by atoms with Crippen molar-refractivity contribution in [1.29, 1.82) is 0 Å². The van der Waals surface area contributed by atoms with Crippen molar-refractivity contribution in [3.63, 3.8) is 0 Å². The van der Waals surface area contributed by atoms with Gasteiger partial charge in [0, 0.05) is 24.5 Å². The van der Waals surface area contributed by atoms with E-state index >= 15 is 0 Å². The average molecular weight is 449 g/mol. The molecule has 2 aromatic carbocycles. The predicted octanol–water partition coefficient (Wildman–Crippen LogP) is 3.23. The topological polar surface area (TPSA) is 123 Å². The quantitative estimate of drug-likeness (QED) is 0.364. The number of anilines is 1. The number of halogens is 1. The van der Waals surface area contributed by atoms with Gasteiger partial charge in [-0.3, -0.25) is 19.7 Å². The summed E-state index contributed by atoms with van der Waals surface area (Å²) >= 11 is 3.09. The van der Waals surface area contributed by atoms with Gasteiger partial charge in [0.1, 0.15) is 5.75 Å². The lowest BCUT2D eigenvalue weighted by Gasteiger charge is -2.09. The first-order valence-electron chi connectivity index (χ1n) is 8.09. The normalized spacial score (nSPS) is 10.5. The van der Waals surface area contributed by atoms with E-state index in [-0.39, 0.29) is 24.4 Å². The molecular weight excluding hydrogens is 432 g/mol. The van der Waals surface area contributed by atoms with Crippen molar-refractivity contribution >= 4 is 45.3 Å². The molecule has 0 aromatic heterocycles. The van der Waals surface area contributed by atoms with Gasteiger partial charge in [-0.2, -0.15) is 5.10 Å². The van der Waals surface area contributed by atoms with Crippen LogP contribution >= 0.6 is 15.9 Å². The van der Waals surface area contributed by atoms with Crippen LogP contribution in [0.2, 0.25) is 0 Å². The number of hydrogen-bond acceptors (Lipinski definition) is 6. The molecule has 0 aliphatic rings. The molecule has 0 bridgehead atoms. The molecule has 0 saturated carbocycles. The predicted molar refractivity (Wildman–Crippen MR) is 107 cm³/mol. The van der Waals surface area contributed by atoms with Crippen LogP contribution in [0.4, 0.5) is 11.4 Å². The molecule has 28 heavy (non-hydrogen) atoms. The average Bonchev–Trinajstić information content (AvgIpc) is 2.68. The Morgan fingerprint density at radius 2 is 1.93 bits per heavy atom. The minimum atomic E-state index is -0.527. The number of nitro groups is 1. The van der Waals surface area contributed by atoms with Crippen molar-refractivity contribution in [3.05, 3.63) is 62.6 Å². The summed E-state index contributed by atoms with van der Waals surface area (Å²) in [6.45, 7) is 0. The number of benzene rings is 2. The SMILES string of the molecule is COc1ccccc1NC(=O)CCC(=O)NN=Cc1ccc(Br)c([N+](=O)[O-])c1. The lowest BCUT2D eigenvalue weighted by Crippen LogP contribution is -2.20. The highest BCUT2D eigenvalue weighted by atomic mass is 79.9. The van der Waals surface area contributed by atoms with Gasteiger partial charge in [-0.1, -0.05) is 18.2 Å². The Labute approximate surface area is 169 Å². The van der Waals surface area contributed by atoms with Crippen LogP contribution in [0.15, 0.2) is 52.0 Å². The van der Waals surface area contributed by atoms with Crippen LogP contribution in [-0.4, -0.2) is 30.1 Å². The number of hydrogen-bond donors (Lipinski definition) is 2. The highest BCUT2D eigenvalue weighted by Crippen LogP contribution is 2.25. The van der Waals surface area contributed by atoms with Crippen LogP contribution < -0.4 is 15.5 Å². The van der Waals surface area contributed by atoms with E-state index in [1.165, 1.54) is 25.5 Å². The van der Waals surface area contributed by atoms with E-state index < -0.39 is 10.8 Å². The van der Waals surface area contributed by atoms with Crippen LogP contribution in [-0.2, 0) is 9.59 Å². The van der Waals surface area contributed by atoms with Crippen LogP contribution in [0.5, 0.6) is 5.75 Å². The number of hydrazone groups is 1. The summed E-state index contributed by atoms with van der Waals surface area (Å²) in [5, 5.41) is 17.3. The van der Waals surface area contributed by atoms with Gasteiger partial charge >= 0.3 is 0 Å². The maximum Gasteiger partial charge on any atom is 0.284 e. The number of rotatable bonds is 8. The fourth-order valence-electron chi connectivity index (χ4n) is 2.17. The zero-order chi connectivity index (χ0) is 20.5. The van der Waals surface area contributed by atoms with E-state index in [2.05, 4.69) is 31.8 Å². The van der Waals surface area contributed by atoms with Gasteiger partial charge in [-0.05, 0) is 34.1 Å². The Morgan fingerprint density at radius 3 is 2.64 bits per heavy atom. The molecule has 2 aromatic rings. The van der Waals surface area contributed by atoms with E-state index in [1.54, 1.807) is 30.3 Å². The second-order valence-corrected chi connectivity index (χ2v) is 6.36. The fourth-order valence-corrected chi connectivity index (χ4v) is 2.56. The van der Waals surface area contributed by atoms with E-state index in [4.69, 9.17) is 4.74 Å². The van der Waals surface area contributed by atoms with Gasteiger partial charge in [0.2, 0.25) is 11.8 Å². The Kier molecular flexibility index (Phi) is 7.64. The minimum Gasteiger partial charge on any atom is -0.495 e. The lowest BCUT2D eigenvalue weighted by molar-refractivity contribution is -0.385. The monoisotopic (exact) mass is 448 g/mol. The van der Waals surface area contributed by atoms with Crippen molar-refractivity contribution < 1.29 is 19.2 Å². The van der Waals surface area contributed by atoms with Gasteiger partial charge in [0.25, 0.3) is 5.69 Å². The summed E-state index contributed by atoms with van der Waals surface area (Å²) in [6, 6.07) is 11.4. The zero-order valence-corrected chi connectivity index (χ0v) is 16.4. The minimum absolute atomic E-state index is 0.0385. The van der Waals surface area contributed by atoms with Gasteiger partial charge < -0.3 is 10.1 Å². The van der Waals surface area contributed by atoms with Gasteiger partial charge in [0.05, 0.1) is 28.4 Å². The Bertz CT molecular complexity index is 917. The molecule has 2 rings (SSSR count). The first kappa shape index (κ1) is 21.0. The molecule has 2 amide bonds. The molecule has 10 heteroatoms. The summed E-state index contributed by atoms with van der Waals surface area (Å²) < 4.78 is 5.49. The molecular formula is C18H17BrN4O5. The molecule has 0 heterocycles. The fraction of sp³-hybridized carbons (Fsp3) is 0.167. The van der Waals surface area contributed by atoms with E-state index in [9.17, 15) is 19.7 Å². The van der Waals surface area contributed by atoms with Crippen molar-refractivity contribution in [1.82, 2.24) is 5.43 Å². The van der Waals surface area contributed by atoms with Gasteiger partial charge in [-0.25, -0.2) is 5.43 Å². The molecule has 0 aliphatic heterocycles. The molecule has 0 atom stereocenters. The number of para-hydroxylation sites is 2. The molecule has 9 nitrogen and oxygen atoms in total. The second kappa shape index (κ2) is 10.2. The van der Waals surface area contributed by atoms with Crippen molar-refractivity contribution in [2.75, 3.05) is 12.4 Å². The number of nitro benzene ring substituents is 1. The third-order valence-electron chi connectivity index (χ3n) is 3.53. The van der Waals surface area contributed by atoms with Gasteiger partial charge in [0.15, 0.2) is 0 Å². The summed E-state index contributed by atoms with van der Waals surface area (Å²) in [5.41, 5.74) is 3.14. The summed E-state index contributed by atoms with van der Waals surface area (Å²) in [4.78, 5) is 34.1. The molecule has 0 saturated heterocycles. The molecule has 0 radical (unpaired) electrons. The third-order valence-corrected chi connectivity index (χ3v) is 4.20. The number of ether oxygens (including phenoxy) is 1. The maximum absolute atomic E-state index is 12.0. The standard InChI is InChI=1S/C18H17BrN4O5/c1-28-16-5-3-2-4-14(16)21-17(24)8-9-18(25)22-20-11-12-6-7-13(19)15(10-12)23(26)27/h2-7,10-11H,8-9H2,1H3,(H,21,24)(H,22,25). The zero-order valence-electron chi connectivity index (χ0n) is 14.8. The summed E-state index contributed by atoms with van der Waals surface area (Å²) in [6.07, 6.45) is 1.17.